The van der Waals surface area contributed by atoms with Crippen molar-refractivity contribution in [2.45, 2.75) is 33.3 Å². The lowest BCUT2D eigenvalue weighted by atomic mass is 10.0. The lowest BCUT2D eigenvalue weighted by Gasteiger charge is -2.15. The van der Waals surface area contributed by atoms with E-state index in [9.17, 15) is 4.39 Å². The monoisotopic (exact) mass is 307 g/mol. The van der Waals surface area contributed by atoms with E-state index in [1.54, 1.807) is 6.07 Å². The SMILES string of the molecule is Cc1cc(Cl)c(C(C)C)cc1OCc1cc(N)cc(F)c1. The first-order chi connectivity index (χ1) is 9.86. The summed E-state index contributed by atoms with van der Waals surface area (Å²) in [6.07, 6.45) is 0. The maximum atomic E-state index is 13.3. The lowest BCUT2D eigenvalue weighted by molar-refractivity contribution is 0.303. The van der Waals surface area contributed by atoms with Crippen molar-refractivity contribution in [1.82, 2.24) is 0 Å². The average Bonchev–Trinajstić information content (AvgIpc) is 2.36. The van der Waals surface area contributed by atoms with Crippen LogP contribution in [0.15, 0.2) is 30.3 Å². The van der Waals surface area contributed by atoms with E-state index < -0.39 is 0 Å². The van der Waals surface area contributed by atoms with Gasteiger partial charge in [0.15, 0.2) is 0 Å². The van der Waals surface area contributed by atoms with E-state index >= 15 is 0 Å². The first-order valence-corrected chi connectivity index (χ1v) is 7.22. The van der Waals surface area contributed by atoms with Gasteiger partial charge in [-0.05, 0) is 59.9 Å². The number of hydrogen-bond donors (Lipinski definition) is 1. The molecule has 0 saturated carbocycles. The van der Waals surface area contributed by atoms with Crippen LogP contribution in [0.1, 0.15) is 36.5 Å². The Bertz CT molecular complexity index is 635. The van der Waals surface area contributed by atoms with Crippen LogP contribution in [0.2, 0.25) is 5.02 Å². The maximum Gasteiger partial charge on any atom is 0.125 e. The van der Waals surface area contributed by atoms with E-state index in [1.165, 1.54) is 12.1 Å². The van der Waals surface area contributed by atoms with Crippen molar-refractivity contribution < 1.29 is 9.13 Å². The Morgan fingerprint density at radius 2 is 1.90 bits per heavy atom. The zero-order valence-corrected chi connectivity index (χ0v) is 13.2. The molecular formula is C17H19ClFNO. The molecule has 0 saturated heterocycles. The Morgan fingerprint density at radius 3 is 2.52 bits per heavy atom. The Labute approximate surface area is 129 Å². The van der Waals surface area contributed by atoms with Crippen LogP contribution in [0.25, 0.3) is 0 Å². The van der Waals surface area contributed by atoms with E-state index in [0.29, 0.717) is 17.2 Å². The van der Waals surface area contributed by atoms with Crippen LogP contribution >= 0.6 is 11.6 Å². The van der Waals surface area contributed by atoms with E-state index in [0.717, 1.165) is 21.9 Å². The molecule has 0 aliphatic carbocycles. The van der Waals surface area contributed by atoms with Gasteiger partial charge in [0.05, 0.1) is 0 Å². The van der Waals surface area contributed by atoms with Crippen LogP contribution in [0.3, 0.4) is 0 Å². The normalized spacial score (nSPS) is 11.0. The zero-order valence-electron chi connectivity index (χ0n) is 12.4. The standard InChI is InChI=1S/C17H19ClFNO/c1-10(2)15-8-17(11(3)4-16(15)18)21-9-12-5-13(19)7-14(20)6-12/h4-8,10H,9,20H2,1-3H3. The van der Waals surface area contributed by atoms with Gasteiger partial charge in [0.2, 0.25) is 0 Å². The second-order valence-corrected chi connectivity index (χ2v) is 5.88. The molecule has 0 heterocycles. The number of nitrogen functional groups attached to an aromatic ring is 1. The molecule has 2 rings (SSSR count). The van der Waals surface area contributed by atoms with Gasteiger partial charge in [0.1, 0.15) is 18.2 Å². The molecule has 2 nitrogen and oxygen atoms in total. The summed E-state index contributed by atoms with van der Waals surface area (Å²) in [6, 6.07) is 8.26. The van der Waals surface area contributed by atoms with Gasteiger partial charge in [-0.25, -0.2) is 4.39 Å². The van der Waals surface area contributed by atoms with E-state index in [-0.39, 0.29) is 12.4 Å². The minimum absolute atomic E-state index is 0.266. The second kappa shape index (κ2) is 6.35. The molecule has 0 amide bonds. The van der Waals surface area contributed by atoms with E-state index in [4.69, 9.17) is 22.1 Å². The smallest absolute Gasteiger partial charge is 0.125 e. The first kappa shape index (κ1) is 15.6. The molecule has 2 aromatic rings. The largest absolute Gasteiger partial charge is 0.489 e. The molecule has 0 aliphatic rings. The highest BCUT2D eigenvalue weighted by atomic mass is 35.5. The third kappa shape index (κ3) is 3.88. The molecule has 0 radical (unpaired) electrons. The fraction of sp³-hybridized carbons (Fsp3) is 0.294. The molecule has 0 aromatic heterocycles. The summed E-state index contributed by atoms with van der Waals surface area (Å²) in [7, 11) is 0. The van der Waals surface area contributed by atoms with Gasteiger partial charge in [-0.15, -0.1) is 0 Å². The third-order valence-corrected chi connectivity index (χ3v) is 3.62. The fourth-order valence-electron chi connectivity index (χ4n) is 2.19. The van der Waals surface area contributed by atoms with Gasteiger partial charge in [-0.1, -0.05) is 25.4 Å². The van der Waals surface area contributed by atoms with Crippen molar-refractivity contribution in [3.05, 3.63) is 57.9 Å². The van der Waals surface area contributed by atoms with Crippen LogP contribution < -0.4 is 10.5 Å². The minimum atomic E-state index is -0.357. The topological polar surface area (TPSA) is 35.2 Å². The molecule has 4 heteroatoms. The van der Waals surface area contributed by atoms with Crippen molar-refractivity contribution in [1.29, 1.82) is 0 Å². The molecule has 21 heavy (non-hydrogen) atoms. The van der Waals surface area contributed by atoms with Crippen molar-refractivity contribution in [3.8, 4) is 5.75 Å². The molecular weight excluding hydrogens is 289 g/mol. The lowest BCUT2D eigenvalue weighted by Crippen LogP contribution is -2.01. The molecule has 2 aromatic carbocycles. The zero-order chi connectivity index (χ0) is 15.6. The highest BCUT2D eigenvalue weighted by Gasteiger charge is 2.10. The summed E-state index contributed by atoms with van der Waals surface area (Å²) in [5.74, 6) is 0.709. The van der Waals surface area contributed by atoms with E-state index in [1.807, 2.05) is 19.1 Å². The van der Waals surface area contributed by atoms with Crippen LogP contribution in [0.4, 0.5) is 10.1 Å². The van der Waals surface area contributed by atoms with Gasteiger partial charge in [0, 0.05) is 10.7 Å². The molecule has 112 valence electrons. The Morgan fingerprint density at radius 1 is 1.19 bits per heavy atom. The highest BCUT2D eigenvalue weighted by Crippen LogP contribution is 2.31. The summed E-state index contributed by atoms with van der Waals surface area (Å²) in [5, 5.41) is 0.741. The molecule has 0 atom stereocenters. The van der Waals surface area contributed by atoms with Crippen LogP contribution in [-0.4, -0.2) is 0 Å². The Hall–Kier alpha value is -1.74. The first-order valence-electron chi connectivity index (χ1n) is 6.84. The predicted octanol–water partition coefficient (Wildman–Crippen LogP) is 5.07. The van der Waals surface area contributed by atoms with Crippen LogP contribution in [-0.2, 0) is 6.61 Å². The molecule has 0 aliphatic heterocycles. The third-order valence-electron chi connectivity index (χ3n) is 3.29. The van der Waals surface area contributed by atoms with Gasteiger partial charge < -0.3 is 10.5 Å². The summed E-state index contributed by atoms with van der Waals surface area (Å²) in [4.78, 5) is 0. The predicted molar refractivity (Wildman–Crippen MR) is 85.4 cm³/mol. The van der Waals surface area contributed by atoms with Gasteiger partial charge in [-0.3, -0.25) is 0 Å². The van der Waals surface area contributed by atoms with Crippen molar-refractivity contribution in [2.75, 3.05) is 5.73 Å². The number of nitrogens with two attached hydrogens (primary N) is 1. The number of hydrogen-bond acceptors (Lipinski definition) is 2. The quantitative estimate of drug-likeness (QED) is 0.800. The summed E-state index contributed by atoms with van der Waals surface area (Å²) >= 11 is 6.23. The van der Waals surface area contributed by atoms with Crippen molar-refractivity contribution >= 4 is 17.3 Å². The molecule has 2 N–H and O–H groups in total. The number of anilines is 1. The van der Waals surface area contributed by atoms with Crippen molar-refractivity contribution in [3.63, 3.8) is 0 Å². The van der Waals surface area contributed by atoms with Crippen molar-refractivity contribution in [2.24, 2.45) is 0 Å². The molecule has 0 fully saturated rings. The number of rotatable bonds is 4. The van der Waals surface area contributed by atoms with Crippen LogP contribution in [0.5, 0.6) is 5.75 Å². The van der Waals surface area contributed by atoms with Crippen LogP contribution in [0, 0.1) is 12.7 Å². The number of benzene rings is 2. The maximum absolute atomic E-state index is 13.3. The Kier molecular flexibility index (Phi) is 4.73. The number of ether oxygens (including phenoxy) is 1. The van der Waals surface area contributed by atoms with Gasteiger partial charge in [0.25, 0.3) is 0 Å². The van der Waals surface area contributed by atoms with Gasteiger partial charge >= 0.3 is 0 Å². The fourth-order valence-corrected chi connectivity index (χ4v) is 2.62. The second-order valence-electron chi connectivity index (χ2n) is 5.48. The number of halogens is 2. The van der Waals surface area contributed by atoms with Gasteiger partial charge in [-0.2, -0.15) is 0 Å². The molecule has 0 unspecified atom stereocenters. The minimum Gasteiger partial charge on any atom is -0.489 e. The number of aryl methyl sites for hydroxylation is 1. The van der Waals surface area contributed by atoms with E-state index in [2.05, 4.69) is 13.8 Å². The summed E-state index contributed by atoms with van der Waals surface area (Å²) in [6.45, 7) is 6.36. The highest BCUT2D eigenvalue weighted by molar-refractivity contribution is 6.31. The summed E-state index contributed by atoms with van der Waals surface area (Å²) < 4.78 is 19.1. The molecule has 0 bridgehead atoms. The average molecular weight is 308 g/mol. The Balaban J connectivity index is 2.21. The molecule has 0 spiro atoms. The summed E-state index contributed by atoms with van der Waals surface area (Å²) in [5.41, 5.74) is 8.71.